The highest BCUT2D eigenvalue weighted by atomic mass is 32.2. The number of likely N-dealkylation sites (N-methyl/N-ethyl adjacent to an activating group) is 1. The molecule has 35 nitrogen and oxygen atoms in total. The van der Waals surface area contributed by atoms with Crippen molar-refractivity contribution >= 4 is 81.4 Å². The van der Waals surface area contributed by atoms with Gasteiger partial charge in [0, 0.05) is 74.0 Å². The van der Waals surface area contributed by atoms with E-state index in [0.29, 0.717) is 62.9 Å². The van der Waals surface area contributed by atoms with Crippen LogP contribution in [0.4, 0.5) is 17.1 Å². The number of thioether (sulfide) groups is 1. The third-order valence-electron chi connectivity index (χ3n) is 22.9. The number of carbonyl (C=O) groups excluding carboxylic acids is 7. The number of ether oxygens (including phenoxy) is 3. The number of nitro groups is 1. The molecule has 0 bridgehead atoms. The number of ketones is 2. The van der Waals surface area contributed by atoms with Gasteiger partial charge in [-0.25, -0.2) is 0 Å². The minimum absolute atomic E-state index is 0.0288. The van der Waals surface area contributed by atoms with Crippen LogP contribution in [0.2, 0.25) is 0 Å². The van der Waals surface area contributed by atoms with Crippen molar-refractivity contribution in [3.05, 3.63) is 186 Å². The third kappa shape index (κ3) is 21.8. The van der Waals surface area contributed by atoms with Crippen LogP contribution in [0.1, 0.15) is 129 Å². The number of nitrogens with zero attached hydrogens (tertiary/aromatic N) is 3. The zero-order valence-corrected chi connectivity index (χ0v) is 70.9. The molecule has 3 fully saturated rings. The van der Waals surface area contributed by atoms with Gasteiger partial charge < -0.3 is 108 Å². The molecule has 8 rings (SSSR count). The monoisotopic (exact) mass is 1720 g/mol. The number of phenolic OH excluding ortho intramolecular Hbond substituents is 1. The van der Waals surface area contributed by atoms with Crippen LogP contribution in [-0.2, 0) is 53.5 Å². The van der Waals surface area contributed by atoms with Crippen molar-refractivity contribution in [3.63, 3.8) is 0 Å². The molecule has 5 aliphatic rings. The molecular weight excluding hydrogens is 1600 g/mol. The Morgan fingerprint density at radius 3 is 2.17 bits per heavy atom. The normalized spacial score (nSPS) is 26.4. The SMILES string of the molecule is C/C=C\C=C\[C@@H]1O[C@](O)([C@@H](CC)C(=O)NC/C=C/C=C(/C)[C@@H](OC)[C@@H](C)[C@@H]2O[C@H](/C=C/C=C/C=C(C)/C(=N/Nc3ccc(CSCC(=O)NCCCCCC(=O)NCCCCNCC(=O)Nc4ccc5c(c4O)C(O)=C4C(=O)[C@]6(O)C(O)=C(C(N)=O)C(=O)[C@@H](N(C)C)C6C(O)C4[C@H]5C)cc3[N+](=O)[O-])c3c(O)cc[nH]c3=O)[C@H](O)[C@@H]2O)[C@H](O)[C@H](O)C1(C)C. The number of nitro benzene ring substituents is 1. The van der Waals surface area contributed by atoms with Crippen LogP contribution in [0.5, 0.6) is 11.5 Å². The summed E-state index contributed by atoms with van der Waals surface area (Å²) in [5, 5.41) is 156. The smallest absolute Gasteiger partial charge is 0.294 e. The third-order valence-corrected chi connectivity index (χ3v) is 23.9. The summed E-state index contributed by atoms with van der Waals surface area (Å²) in [6.45, 7) is 14.6. The van der Waals surface area contributed by atoms with E-state index < -0.39 is 181 Å². The largest absolute Gasteiger partial charge is 0.508 e. The van der Waals surface area contributed by atoms with Crippen LogP contribution < -0.4 is 43.3 Å². The summed E-state index contributed by atoms with van der Waals surface area (Å²) in [5.41, 5.74) is 2.35. The summed E-state index contributed by atoms with van der Waals surface area (Å²) < 4.78 is 18.1. The average Bonchev–Trinajstić information content (AvgIpc) is 0.750. The molecule has 122 heavy (non-hydrogen) atoms. The molecule has 5 amide bonds. The van der Waals surface area contributed by atoms with E-state index in [1.807, 2.05) is 6.92 Å². The second kappa shape index (κ2) is 43.1. The summed E-state index contributed by atoms with van der Waals surface area (Å²) in [7, 11) is 4.32. The number of benzene rings is 2. The maximum Gasteiger partial charge on any atom is 0.294 e. The van der Waals surface area contributed by atoms with E-state index in [0.717, 1.165) is 5.57 Å². The van der Waals surface area contributed by atoms with Crippen LogP contribution in [-0.4, -0.2) is 250 Å². The second-order valence-electron chi connectivity index (χ2n) is 31.8. The van der Waals surface area contributed by atoms with E-state index >= 15 is 0 Å². The number of fused-ring (bicyclic) bond motifs is 3. The number of hydrogen-bond acceptors (Lipinski definition) is 29. The molecule has 0 radical (unpaired) electrons. The first-order valence-electron chi connectivity index (χ1n) is 40.3. The number of amides is 5. The lowest BCUT2D eigenvalue weighted by Crippen LogP contribution is -2.70. The minimum Gasteiger partial charge on any atom is -0.508 e. The van der Waals surface area contributed by atoms with Crippen molar-refractivity contribution < 1.29 is 109 Å². The van der Waals surface area contributed by atoms with Crippen LogP contribution in [0, 0.1) is 39.2 Å². The fourth-order valence-corrected chi connectivity index (χ4v) is 17.0. The van der Waals surface area contributed by atoms with Crippen molar-refractivity contribution in [2.45, 2.75) is 184 Å². The van der Waals surface area contributed by atoms with Gasteiger partial charge in [-0.2, -0.15) is 5.10 Å². The topological polar surface area (TPSA) is 560 Å². The maximum absolute atomic E-state index is 14.3. The molecule has 0 spiro atoms. The van der Waals surface area contributed by atoms with E-state index in [1.54, 1.807) is 127 Å². The van der Waals surface area contributed by atoms with Gasteiger partial charge in [0.1, 0.15) is 70.0 Å². The quantitative estimate of drug-likeness (QED) is 0.00710. The zero-order chi connectivity index (χ0) is 90.0. The number of rotatable bonds is 40. The number of anilines is 2. The lowest BCUT2D eigenvalue weighted by atomic mass is 9.54. The number of Topliss-reactive ketones (excluding diaryl/α,β-unsaturated/α-hetero) is 2. The average molecular weight is 1720 g/mol. The number of methoxy groups -OCH3 is 1. The molecule has 3 unspecified atom stereocenters. The Bertz CT molecular complexity index is 4740. The molecule has 3 heterocycles. The van der Waals surface area contributed by atoms with Gasteiger partial charge in [0.05, 0.1) is 76.9 Å². The van der Waals surface area contributed by atoms with Crippen molar-refractivity contribution in [2.75, 3.05) is 70.4 Å². The number of H-pyrrole nitrogens is 1. The van der Waals surface area contributed by atoms with Crippen LogP contribution in [0.3, 0.4) is 0 Å². The number of aromatic nitrogens is 1. The number of aliphatic hydroxyl groups is 9. The second-order valence-corrected chi connectivity index (χ2v) is 32.8. The summed E-state index contributed by atoms with van der Waals surface area (Å²) in [6.07, 6.45) is 13.5. The number of carbonyl (C=O) groups is 7. The number of primary amides is 1. The molecule has 2 aromatic carbocycles. The number of pyridine rings is 1. The number of aromatic amines is 1. The number of unbranched alkanes of at least 4 members (excludes halogenated alkanes) is 3. The Morgan fingerprint density at radius 1 is 0.828 bits per heavy atom. The van der Waals surface area contributed by atoms with Gasteiger partial charge in [0.25, 0.3) is 17.2 Å². The van der Waals surface area contributed by atoms with Gasteiger partial charge >= 0.3 is 0 Å². The predicted octanol–water partition coefficient (Wildman–Crippen LogP) is 4.46. The fraction of sp³-hybridized carbons (Fsp3) is 0.500. The first-order chi connectivity index (χ1) is 57.8. The van der Waals surface area contributed by atoms with Gasteiger partial charge in [-0.3, -0.25) is 58.8 Å². The maximum atomic E-state index is 14.3. The number of phenols is 1. The van der Waals surface area contributed by atoms with E-state index in [2.05, 4.69) is 42.1 Å². The summed E-state index contributed by atoms with van der Waals surface area (Å²) in [6, 6.07) is 6.96. The fourth-order valence-electron chi connectivity index (χ4n) is 16.2. The number of nitrogens with two attached hydrogens (primary N) is 1. The van der Waals surface area contributed by atoms with Crippen molar-refractivity contribution in [1.82, 2.24) is 31.2 Å². The molecule has 1 saturated carbocycles. The van der Waals surface area contributed by atoms with Crippen LogP contribution >= 0.6 is 11.8 Å². The van der Waals surface area contributed by atoms with E-state index in [9.17, 15) is 105 Å². The standard InChI is InChI=1S/C86H115N11O24S/c1-12-14-17-29-57-84(7,8)79(110)80(111)86(116,121-57)51(13-2)82(113)91-39-23-21-27-46(4)75(119-11)48(6)76-74(107)70(103)56(120-76)28-19-15-18-26-45(3)67(63-55(98)35-40-92-83(63)114)95-94-52-33-31-49(41-54(52)97(117)118)43-122-44-60(101)90-37-22-16-20-30-58(99)89-38-25-24-36-88-42-59(100)93-53-34-32-50-47(5)61-64(71(104)62(50)69(53)102)77(108)85(115)66(72(61)105)68(96(9)10)73(106)65(78(85)109)81(87)112/h12,14-15,17-19,21,23,26-29,31-35,40-41,47-48,51,56-57,61,66,68,70,72,74-76,79-80,88,94,102-105,107,109-111,115-116H,13,16,20,22,24-25,30,36-39,42-44H2,1-11H3,(H2,87,112)(H,89,99)(H,90,101)(H,91,113)(H,93,100)(H2,92,98,114)/b14-12-,18-15+,23-21+,28-19+,29-17+,45-26+,46-27-,95-67-/t47-,48+,51-,56+,57-,61?,66?,68-,70-,72?,74-,75+,76-,79-,80+,85-,86+/m0/s1. The van der Waals surface area contributed by atoms with E-state index in [-0.39, 0.29) is 88.7 Å². The first-order valence-corrected chi connectivity index (χ1v) is 41.5. The van der Waals surface area contributed by atoms with E-state index in [4.69, 9.17) is 19.9 Å². The van der Waals surface area contributed by atoms with Gasteiger partial charge in [-0.15, -0.1) is 11.8 Å². The predicted molar refractivity (Wildman–Crippen MR) is 456 cm³/mol. The number of nitrogens with one attached hydrogen (secondary N) is 7. The Morgan fingerprint density at radius 2 is 1.51 bits per heavy atom. The molecule has 3 aliphatic carbocycles. The molecule has 664 valence electrons. The summed E-state index contributed by atoms with van der Waals surface area (Å²) in [4.78, 5) is 121. The Kier molecular flexibility index (Phi) is 34.3. The van der Waals surface area contributed by atoms with Gasteiger partial charge in [-0.05, 0) is 120 Å². The van der Waals surface area contributed by atoms with Crippen LogP contribution in [0.25, 0.3) is 5.76 Å². The lowest BCUT2D eigenvalue weighted by Gasteiger charge is -2.53. The van der Waals surface area contributed by atoms with Gasteiger partial charge in [-0.1, -0.05) is 126 Å². The van der Waals surface area contributed by atoms with Crippen molar-refractivity contribution in [2.24, 2.45) is 39.9 Å². The molecule has 2 saturated heterocycles. The molecule has 2 aliphatic heterocycles. The first kappa shape index (κ1) is 97.1. The number of hydrazone groups is 1. The molecule has 1 aromatic heterocycles. The summed E-state index contributed by atoms with van der Waals surface area (Å²) in [5.74, 6) is -16.3. The van der Waals surface area contributed by atoms with Gasteiger partial charge in [0.15, 0.2) is 11.4 Å². The Labute approximate surface area is 710 Å². The highest BCUT2D eigenvalue weighted by Gasteiger charge is 2.69. The number of aromatic hydroxyl groups is 2. The summed E-state index contributed by atoms with van der Waals surface area (Å²) >= 11 is 1.23. The van der Waals surface area contributed by atoms with Crippen LogP contribution in [0.15, 0.2) is 153 Å². The highest BCUT2D eigenvalue weighted by molar-refractivity contribution is 7.99. The number of hydrogen-bond donors (Lipinski definition) is 19. The molecule has 17 atom stereocenters. The zero-order valence-electron chi connectivity index (χ0n) is 70.1. The lowest BCUT2D eigenvalue weighted by molar-refractivity contribution is -0.384. The molecule has 36 heteroatoms. The van der Waals surface area contributed by atoms with E-state index in [1.165, 1.54) is 74.4 Å². The Balaban J connectivity index is 0.731. The number of aliphatic hydroxyl groups excluding tert-OH is 7. The van der Waals surface area contributed by atoms with Gasteiger partial charge in [0.2, 0.25) is 35.2 Å². The van der Waals surface area contributed by atoms with Crippen molar-refractivity contribution in [3.8, 4) is 11.5 Å². The number of allylic oxidation sites excluding steroid dienone is 10. The molecule has 3 aromatic rings. The molecular formula is C86H115N11O24S. The molecule has 20 N–H and O–H groups in total. The Hall–Kier alpha value is -10.3. The minimum atomic E-state index is -3.08. The highest BCUT2D eigenvalue weighted by Crippen LogP contribution is 2.57. The van der Waals surface area contributed by atoms with Crippen molar-refractivity contribution in [1.29, 1.82) is 0 Å².